The number of halogens is 2. The van der Waals surface area contributed by atoms with Gasteiger partial charge < -0.3 is 14.6 Å². The van der Waals surface area contributed by atoms with Crippen molar-refractivity contribution in [1.29, 1.82) is 0 Å². The number of hydrogen-bond donors (Lipinski definition) is 1. The van der Waals surface area contributed by atoms with Crippen LogP contribution in [-0.2, 0) is 17.9 Å². The van der Waals surface area contributed by atoms with E-state index in [4.69, 9.17) is 16.3 Å². The number of carbonyl (C=O) groups excluding carboxylic acids is 1. The molecule has 1 amide bonds. The molecule has 2 aromatic carbocycles. The minimum Gasteiger partial charge on any atom is -0.486 e. The summed E-state index contributed by atoms with van der Waals surface area (Å²) in [6, 6.07) is 11.7. The zero-order valence-electron chi connectivity index (χ0n) is 16.0. The average molecular weight is 435 g/mol. The lowest BCUT2D eigenvalue weighted by atomic mass is 10.2. The van der Waals surface area contributed by atoms with Crippen molar-refractivity contribution in [2.24, 2.45) is 0 Å². The smallest absolute Gasteiger partial charge is 0.234 e. The van der Waals surface area contributed by atoms with Crippen molar-refractivity contribution in [3.63, 3.8) is 0 Å². The van der Waals surface area contributed by atoms with Gasteiger partial charge in [0.15, 0.2) is 11.0 Å². The van der Waals surface area contributed by atoms with Crippen LogP contribution in [0.1, 0.15) is 18.3 Å². The Kier molecular flexibility index (Phi) is 7.11. The largest absolute Gasteiger partial charge is 0.486 e. The predicted molar refractivity (Wildman–Crippen MR) is 112 cm³/mol. The first kappa shape index (κ1) is 21.1. The molecule has 1 N–H and O–H groups in total. The van der Waals surface area contributed by atoms with E-state index >= 15 is 0 Å². The molecule has 0 aliphatic carbocycles. The zero-order chi connectivity index (χ0) is 20.8. The molecule has 6 nitrogen and oxygen atoms in total. The van der Waals surface area contributed by atoms with Gasteiger partial charge in [0.1, 0.15) is 18.2 Å². The fourth-order valence-electron chi connectivity index (χ4n) is 2.53. The lowest BCUT2D eigenvalue weighted by molar-refractivity contribution is -0.113. The van der Waals surface area contributed by atoms with Gasteiger partial charge in [-0.3, -0.25) is 4.79 Å². The summed E-state index contributed by atoms with van der Waals surface area (Å²) in [5, 5.41) is 12.3. The Balaban J connectivity index is 1.57. The van der Waals surface area contributed by atoms with Crippen molar-refractivity contribution >= 4 is 35.0 Å². The van der Waals surface area contributed by atoms with E-state index in [0.29, 0.717) is 39.5 Å². The van der Waals surface area contributed by atoms with Gasteiger partial charge in [-0.05, 0) is 55.8 Å². The van der Waals surface area contributed by atoms with Gasteiger partial charge in [-0.15, -0.1) is 10.2 Å². The first-order chi connectivity index (χ1) is 14.0. The minimum absolute atomic E-state index is 0.131. The van der Waals surface area contributed by atoms with E-state index in [1.165, 1.54) is 17.8 Å². The van der Waals surface area contributed by atoms with Gasteiger partial charge >= 0.3 is 0 Å². The second-order valence-electron chi connectivity index (χ2n) is 6.19. The van der Waals surface area contributed by atoms with Crippen LogP contribution in [0, 0.1) is 12.7 Å². The molecule has 0 saturated carbocycles. The summed E-state index contributed by atoms with van der Waals surface area (Å²) < 4.78 is 21.2. The second kappa shape index (κ2) is 9.76. The zero-order valence-corrected chi connectivity index (χ0v) is 17.6. The van der Waals surface area contributed by atoms with Gasteiger partial charge in [0.05, 0.1) is 5.75 Å². The quantitative estimate of drug-likeness (QED) is 0.520. The number of thioether (sulfide) groups is 1. The standard InChI is InChI=1S/C20H20ClFN4O2S/c1-3-26-18(11-28-16-8-5-14(21)6-9-16)24-25-20(26)29-12-19(27)23-15-7-4-13(2)17(22)10-15/h4-10H,3,11-12H2,1-2H3,(H,23,27). The Morgan fingerprint density at radius 2 is 2.00 bits per heavy atom. The minimum atomic E-state index is -0.355. The number of carbonyl (C=O) groups is 1. The number of aryl methyl sites for hydroxylation is 1. The summed E-state index contributed by atoms with van der Waals surface area (Å²) in [4.78, 5) is 12.2. The van der Waals surface area contributed by atoms with E-state index in [1.807, 2.05) is 11.5 Å². The Labute approximate surface area is 177 Å². The highest BCUT2D eigenvalue weighted by Gasteiger charge is 2.14. The van der Waals surface area contributed by atoms with Crippen molar-refractivity contribution < 1.29 is 13.9 Å². The van der Waals surface area contributed by atoms with Crippen molar-refractivity contribution in [1.82, 2.24) is 14.8 Å². The highest BCUT2D eigenvalue weighted by Crippen LogP contribution is 2.21. The number of nitrogens with one attached hydrogen (secondary N) is 1. The molecule has 0 aliphatic rings. The lowest BCUT2D eigenvalue weighted by Gasteiger charge is -2.09. The van der Waals surface area contributed by atoms with E-state index in [2.05, 4.69) is 15.5 Å². The van der Waals surface area contributed by atoms with Crippen LogP contribution in [0.5, 0.6) is 5.75 Å². The number of ether oxygens (including phenoxy) is 1. The van der Waals surface area contributed by atoms with Gasteiger partial charge in [0.25, 0.3) is 0 Å². The van der Waals surface area contributed by atoms with Crippen molar-refractivity contribution in [3.8, 4) is 5.75 Å². The molecule has 0 fully saturated rings. The number of benzene rings is 2. The molecule has 1 aromatic heterocycles. The topological polar surface area (TPSA) is 69.0 Å². The molecule has 3 aromatic rings. The van der Waals surface area contributed by atoms with Gasteiger partial charge in [-0.2, -0.15) is 0 Å². The number of aromatic nitrogens is 3. The molecule has 152 valence electrons. The molecule has 0 saturated heterocycles. The molecule has 9 heteroatoms. The Bertz CT molecular complexity index is 995. The molecule has 0 atom stereocenters. The predicted octanol–water partition coefficient (Wildman–Crippen LogP) is 4.71. The Morgan fingerprint density at radius 3 is 2.69 bits per heavy atom. The maximum Gasteiger partial charge on any atom is 0.234 e. The third kappa shape index (κ3) is 5.71. The summed E-state index contributed by atoms with van der Waals surface area (Å²) in [7, 11) is 0. The third-order valence-corrected chi connectivity index (χ3v) is 5.30. The van der Waals surface area contributed by atoms with E-state index < -0.39 is 0 Å². The van der Waals surface area contributed by atoms with Crippen molar-refractivity contribution in [2.45, 2.75) is 32.2 Å². The summed E-state index contributed by atoms with van der Waals surface area (Å²) in [6.07, 6.45) is 0. The molecule has 0 spiro atoms. The lowest BCUT2D eigenvalue weighted by Crippen LogP contribution is -2.15. The SMILES string of the molecule is CCn1c(COc2ccc(Cl)cc2)nnc1SCC(=O)Nc1ccc(C)c(F)c1. The van der Waals surface area contributed by atoms with E-state index in [9.17, 15) is 9.18 Å². The molecule has 0 aliphatic heterocycles. The van der Waals surface area contributed by atoms with Crippen LogP contribution in [0.3, 0.4) is 0 Å². The van der Waals surface area contributed by atoms with Gasteiger partial charge in [-0.25, -0.2) is 4.39 Å². The Morgan fingerprint density at radius 1 is 1.24 bits per heavy atom. The summed E-state index contributed by atoms with van der Waals surface area (Å²) in [5.41, 5.74) is 0.953. The van der Waals surface area contributed by atoms with Gasteiger partial charge in [0, 0.05) is 17.3 Å². The molecule has 3 rings (SSSR count). The van der Waals surface area contributed by atoms with E-state index in [1.54, 1.807) is 43.3 Å². The van der Waals surface area contributed by atoms with Crippen LogP contribution in [0.25, 0.3) is 0 Å². The fourth-order valence-corrected chi connectivity index (χ4v) is 3.47. The second-order valence-corrected chi connectivity index (χ2v) is 7.57. The monoisotopic (exact) mass is 434 g/mol. The normalized spacial score (nSPS) is 10.8. The van der Waals surface area contributed by atoms with Gasteiger partial charge in [0.2, 0.25) is 5.91 Å². The molecular formula is C20H20ClFN4O2S. The summed E-state index contributed by atoms with van der Waals surface area (Å²) in [6.45, 7) is 4.52. The van der Waals surface area contributed by atoms with Crippen LogP contribution >= 0.6 is 23.4 Å². The average Bonchev–Trinajstić information content (AvgIpc) is 3.10. The van der Waals surface area contributed by atoms with Crippen LogP contribution in [0.4, 0.5) is 10.1 Å². The number of rotatable bonds is 8. The van der Waals surface area contributed by atoms with Crippen LogP contribution in [-0.4, -0.2) is 26.4 Å². The van der Waals surface area contributed by atoms with Crippen LogP contribution in [0.15, 0.2) is 47.6 Å². The molecule has 0 radical (unpaired) electrons. The van der Waals surface area contributed by atoms with Crippen LogP contribution < -0.4 is 10.1 Å². The molecule has 0 bridgehead atoms. The first-order valence-corrected chi connectivity index (χ1v) is 10.3. The maximum atomic E-state index is 13.6. The summed E-state index contributed by atoms with van der Waals surface area (Å²) >= 11 is 7.13. The molecule has 0 unspecified atom stereocenters. The molecule has 29 heavy (non-hydrogen) atoms. The van der Waals surface area contributed by atoms with E-state index in [0.717, 1.165) is 0 Å². The van der Waals surface area contributed by atoms with E-state index in [-0.39, 0.29) is 24.1 Å². The van der Waals surface area contributed by atoms with Gasteiger partial charge in [-0.1, -0.05) is 29.4 Å². The van der Waals surface area contributed by atoms with Crippen LogP contribution in [0.2, 0.25) is 5.02 Å². The first-order valence-electron chi connectivity index (χ1n) is 8.95. The maximum absolute atomic E-state index is 13.6. The van der Waals surface area contributed by atoms with Crippen molar-refractivity contribution in [2.75, 3.05) is 11.1 Å². The van der Waals surface area contributed by atoms with Crippen molar-refractivity contribution in [3.05, 3.63) is 64.7 Å². The molecule has 1 heterocycles. The summed E-state index contributed by atoms with van der Waals surface area (Å²) in [5.74, 6) is 0.866. The molecular weight excluding hydrogens is 415 g/mol. The number of anilines is 1. The number of hydrogen-bond acceptors (Lipinski definition) is 5. The number of nitrogens with zero attached hydrogens (tertiary/aromatic N) is 3. The fraction of sp³-hybridized carbons (Fsp3) is 0.250. The number of amides is 1. The highest BCUT2D eigenvalue weighted by atomic mass is 35.5. The highest BCUT2D eigenvalue weighted by molar-refractivity contribution is 7.99. The Hall–Kier alpha value is -2.58. The third-order valence-electron chi connectivity index (χ3n) is 4.08.